The van der Waals surface area contributed by atoms with Gasteiger partial charge in [-0.1, -0.05) is 30.4 Å². The Hall–Kier alpha value is -2.82. The molecule has 0 aliphatic heterocycles. The van der Waals surface area contributed by atoms with Crippen LogP contribution in [0.1, 0.15) is 17.4 Å². The SMILES string of the molecule is C=CCN(CC=C)C(=O)c1cc(OCC)n(-c2ccccc2)n1. The zero-order chi connectivity index (χ0) is 16.7. The summed E-state index contributed by atoms with van der Waals surface area (Å²) < 4.78 is 7.25. The fraction of sp³-hybridized carbons (Fsp3) is 0.222. The molecule has 2 rings (SSSR count). The molecule has 0 radical (unpaired) electrons. The summed E-state index contributed by atoms with van der Waals surface area (Å²) in [5.74, 6) is 0.361. The van der Waals surface area contributed by atoms with Crippen LogP contribution in [0.3, 0.4) is 0 Å². The maximum atomic E-state index is 12.6. The van der Waals surface area contributed by atoms with Gasteiger partial charge in [-0.25, -0.2) is 4.68 Å². The van der Waals surface area contributed by atoms with Gasteiger partial charge in [-0.3, -0.25) is 4.79 Å². The molecule has 0 fully saturated rings. The van der Waals surface area contributed by atoms with Crippen molar-refractivity contribution in [3.63, 3.8) is 0 Å². The van der Waals surface area contributed by atoms with E-state index in [-0.39, 0.29) is 5.91 Å². The first-order valence-electron chi connectivity index (χ1n) is 7.50. The van der Waals surface area contributed by atoms with Crippen LogP contribution >= 0.6 is 0 Å². The molecule has 0 bridgehead atoms. The summed E-state index contributed by atoms with van der Waals surface area (Å²) in [6.07, 6.45) is 3.36. The Balaban J connectivity index is 2.38. The molecule has 1 amide bonds. The van der Waals surface area contributed by atoms with Crippen LogP contribution in [0.5, 0.6) is 5.88 Å². The number of para-hydroxylation sites is 1. The van der Waals surface area contributed by atoms with Crippen LogP contribution < -0.4 is 4.74 Å². The fourth-order valence-electron chi connectivity index (χ4n) is 2.19. The van der Waals surface area contributed by atoms with Gasteiger partial charge in [0.25, 0.3) is 5.91 Å². The van der Waals surface area contributed by atoms with Gasteiger partial charge in [0.2, 0.25) is 5.88 Å². The number of carbonyl (C=O) groups is 1. The highest BCUT2D eigenvalue weighted by atomic mass is 16.5. The molecule has 0 N–H and O–H groups in total. The lowest BCUT2D eigenvalue weighted by Gasteiger charge is -2.17. The summed E-state index contributed by atoms with van der Waals surface area (Å²) >= 11 is 0. The minimum Gasteiger partial charge on any atom is -0.478 e. The van der Waals surface area contributed by atoms with Gasteiger partial charge in [0, 0.05) is 19.2 Å². The van der Waals surface area contributed by atoms with Gasteiger partial charge in [0.1, 0.15) is 0 Å². The summed E-state index contributed by atoms with van der Waals surface area (Å²) in [4.78, 5) is 14.2. The largest absolute Gasteiger partial charge is 0.478 e. The third-order valence-corrected chi connectivity index (χ3v) is 3.17. The topological polar surface area (TPSA) is 47.4 Å². The average Bonchev–Trinajstić information content (AvgIpc) is 2.99. The van der Waals surface area contributed by atoms with Crippen LogP contribution in [-0.2, 0) is 0 Å². The van der Waals surface area contributed by atoms with Crippen molar-refractivity contribution in [2.45, 2.75) is 6.92 Å². The molecule has 0 saturated heterocycles. The number of aromatic nitrogens is 2. The molecule has 0 saturated carbocycles. The molecule has 1 aromatic heterocycles. The predicted molar refractivity (Wildman–Crippen MR) is 91.0 cm³/mol. The Morgan fingerprint density at radius 1 is 1.26 bits per heavy atom. The maximum Gasteiger partial charge on any atom is 0.275 e. The minimum atomic E-state index is -0.180. The fourth-order valence-corrected chi connectivity index (χ4v) is 2.19. The highest BCUT2D eigenvalue weighted by Gasteiger charge is 2.20. The van der Waals surface area contributed by atoms with Gasteiger partial charge < -0.3 is 9.64 Å². The lowest BCUT2D eigenvalue weighted by atomic mass is 10.3. The number of ether oxygens (including phenoxy) is 1. The third kappa shape index (κ3) is 3.88. The molecule has 1 heterocycles. The Morgan fingerprint density at radius 2 is 1.91 bits per heavy atom. The Morgan fingerprint density at radius 3 is 2.48 bits per heavy atom. The van der Waals surface area contributed by atoms with Crippen molar-refractivity contribution in [1.82, 2.24) is 14.7 Å². The normalized spacial score (nSPS) is 10.1. The number of rotatable bonds is 8. The number of hydrogen-bond donors (Lipinski definition) is 0. The van der Waals surface area contributed by atoms with E-state index in [4.69, 9.17) is 4.74 Å². The summed E-state index contributed by atoms with van der Waals surface area (Å²) in [5.41, 5.74) is 1.18. The van der Waals surface area contributed by atoms with Gasteiger partial charge in [0.05, 0.1) is 12.3 Å². The van der Waals surface area contributed by atoms with Crippen LogP contribution in [0, 0.1) is 0 Å². The van der Waals surface area contributed by atoms with Crippen molar-refractivity contribution in [3.05, 3.63) is 67.4 Å². The lowest BCUT2D eigenvalue weighted by Crippen LogP contribution is -2.31. The molecule has 0 aliphatic carbocycles. The maximum absolute atomic E-state index is 12.6. The lowest BCUT2D eigenvalue weighted by molar-refractivity contribution is 0.0784. The number of nitrogens with zero attached hydrogens (tertiary/aromatic N) is 3. The molecule has 2 aromatic rings. The molecule has 120 valence electrons. The van der Waals surface area contributed by atoms with Crippen molar-refractivity contribution in [1.29, 1.82) is 0 Å². The van der Waals surface area contributed by atoms with Gasteiger partial charge >= 0.3 is 0 Å². The van der Waals surface area contributed by atoms with Crippen LogP contribution in [0.2, 0.25) is 0 Å². The van der Waals surface area contributed by atoms with Crippen molar-refractivity contribution < 1.29 is 9.53 Å². The average molecular weight is 311 g/mol. The van der Waals surface area contributed by atoms with E-state index in [1.54, 1.807) is 27.8 Å². The number of hydrogen-bond acceptors (Lipinski definition) is 3. The quantitative estimate of drug-likeness (QED) is 0.704. The monoisotopic (exact) mass is 311 g/mol. The van der Waals surface area contributed by atoms with Crippen LogP contribution in [0.25, 0.3) is 5.69 Å². The van der Waals surface area contributed by atoms with Crippen LogP contribution in [0.4, 0.5) is 0 Å². The van der Waals surface area contributed by atoms with E-state index in [0.29, 0.717) is 31.3 Å². The van der Waals surface area contributed by atoms with Gasteiger partial charge in [-0.05, 0) is 19.1 Å². The Labute approximate surface area is 136 Å². The molecule has 1 aromatic carbocycles. The van der Waals surface area contributed by atoms with Crippen LogP contribution in [-0.4, -0.2) is 40.3 Å². The first-order chi connectivity index (χ1) is 11.2. The van der Waals surface area contributed by atoms with Crippen molar-refractivity contribution in [2.75, 3.05) is 19.7 Å². The Kier molecular flexibility index (Phi) is 5.74. The first-order valence-corrected chi connectivity index (χ1v) is 7.50. The first kappa shape index (κ1) is 16.5. The van der Waals surface area contributed by atoms with Crippen LogP contribution in [0.15, 0.2) is 61.7 Å². The number of carbonyl (C=O) groups excluding carboxylic acids is 1. The van der Waals surface area contributed by atoms with Crippen molar-refractivity contribution >= 4 is 5.91 Å². The molecule has 0 spiro atoms. The molecule has 0 unspecified atom stereocenters. The zero-order valence-electron chi connectivity index (χ0n) is 13.3. The van der Waals surface area contributed by atoms with E-state index in [2.05, 4.69) is 18.3 Å². The summed E-state index contributed by atoms with van der Waals surface area (Å²) in [6.45, 7) is 10.6. The standard InChI is InChI=1S/C18H21N3O2/c1-4-12-20(13-5-2)18(22)16-14-17(23-6-3)21(19-16)15-10-8-7-9-11-15/h4-5,7-11,14H,1-2,6,12-13H2,3H3. The smallest absolute Gasteiger partial charge is 0.275 e. The highest BCUT2D eigenvalue weighted by molar-refractivity contribution is 5.93. The zero-order valence-corrected chi connectivity index (χ0v) is 13.3. The molecular formula is C18H21N3O2. The van der Waals surface area contributed by atoms with E-state index in [1.165, 1.54) is 0 Å². The third-order valence-electron chi connectivity index (χ3n) is 3.17. The molecular weight excluding hydrogens is 290 g/mol. The number of benzene rings is 1. The van der Waals surface area contributed by atoms with E-state index < -0.39 is 0 Å². The van der Waals surface area contributed by atoms with E-state index in [1.807, 2.05) is 37.3 Å². The summed E-state index contributed by atoms with van der Waals surface area (Å²) in [7, 11) is 0. The second-order valence-corrected chi connectivity index (χ2v) is 4.84. The minimum absolute atomic E-state index is 0.180. The predicted octanol–water partition coefficient (Wildman–Crippen LogP) is 3.09. The van der Waals surface area contributed by atoms with E-state index >= 15 is 0 Å². The second kappa shape index (κ2) is 7.98. The molecule has 0 aliphatic rings. The molecule has 5 nitrogen and oxygen atoms in total. The second-order valence-electron chi connectivity index (χ2n) is 4.84. The molecule has 5 heteroatoms. The van der Waals surface area contributed by atoms with Crippen molar-refractivity contribution in [2.24, 2.45) is 0 Å². The highest BCUT2D eigenvalue weighted by Crippen LogP contribution is 2.20. The van der Waals surface area contributed by atoms with Gasteiger partial charge in [-0.2, -0.15) is 5.10 Å². The van der Waals surface area contributed by atoms with Gasteiger partial charge in [0.15, 0.2) is 5.69 Å². The van der Waals surface area contributed by atoms with E-state index in [0.717, 1.165) is 5.69 Å². The summed E-state index contributed by atoms with van der Waals surface area (Å²) in [5, 5.41) is 4.42. The molecule has 23 heavy (non-hydrogen) atoms. The van der Waals surface area contributed by atoms with E-state index in [9.17, 15) is 4.79 Å². The Bertz CT molecular complexity index is 667. The van der Waals surface area contributed by atoms with Gasteiger partial charge in [-0.15, -0.1) is 13.2 Å². The molecule has 0 atom stereocenters. The number of amides is 1. The van der Waals surface area contributed by atoms with Crippen molar-refractivity contribution in [3.8, 4) is 11.6 Å². The summed E-state index contributed by atoms with van der Waals surface area (Å²) in [6, 6.07) is 11.2.